The molecule has 0 saturated heterocycles. The molecule has 21 heavy (non-hydrogen) atoms. The van der Waals surface area contributed by atoms with Crippen LogP contribution in [0.25, 0.3) is 0 Å². The average molecular weight is 291 g/mol. The molecule has 5 nitrogen and oxygen atoms in total. The van der Waals surface area contributed by atoms with Crippen molar-refractivity contribution in [3.63, 3.8) is 0 Å². The third-order valence-corrected chi connectivity index (χ3v) is 3.11. The molecule has 0 saturated carbocycles. The second-order valence-corrected chi connectivity index (χ2v) is 5.61. The minimum absolute atomic E-state index is 0.151. The van der Waals surface area contributed by atoms with Crippen molar-refractivity contribution in [2.24, 2.45) is 5.92 Å². The van der Waals surface area contributed by atoms with Crippen LogP contribution < -0.4 is 5.32 Å². The number of carbonyl (C=O) groups excluding carboxylic acids is 2. The van der Waals surface area contributed by atoms with Crippen LogP contribution in [0.1, 0.15) is 54.5 Å². The molecule has 0 unspecified atom stereocenters. The Morgan fingerprint density at radius 1 is 1.38 bits per heavy atom. The van der Waals surface area contributed by atoms with E-state index in [4.69, 9.17) is 0 Å². The fourth-order valence-electron chi connectivity index (χ4n) is 1.78. The topological polar surface area (TPSA) is 62.3 Å². The quantitative estimate of drug-likeness (QED) is 0.838. The molecular formula is C16H25N3O2. The second-order valence-electron chi connectivity index (χ2n) is 5.61. The van der Waals surface area contributed by atoms with E-state index in [9.17, 15) is 9.59 Å². The molecule has 0 aromatic carbocycles. The van der Waals surface area contributed by atoms with Gasteiger partial charge in [-0.05, 0) is 24.5 Å². The minimum Gasteiger partial charge on any atom is -0.352 e. The summed E-state index contributed by atoms with van der Waals surface area (Å²) >= 11 is 0. The van der Waals surface area contributed by atoms with Crippen LogP contribution in [0.2, 0.25) is 0 Å². The lowest BCUT2D eigenvalue weighted by atomic mass is 10.1. The maximum Gasteiger partial charge on any atom is 0.272 e. The van der Waals surface area contributed by atoms with Crippen molar-refractivity contribution >= 4 is 11.8 Å². The lowest BCUT2D eigenvalue weighted by Gasteiger charge is -2.16. The highest BCUT2D eigenvalue weighted by atomic mass is 16.2. The fourth-order valence-corrected chi connectivity index (χ4v) is 1.78. The van der Waals surface area contributed by atoms with E-state index >= 15 is 0 Å². The second kappa shape index (κ2) is 8.39. The predicted molar refractivity (Wildman–Crippen MR) is 83.3 cm³/mol. The van der Waals surface area contributed by atoms with E-state index in [-0.39, 0.29) is 11.8 Å². The van der Waals surface area contributed by atoms with E-state index in [0.717, 1.165) is 12.8 Å². The molecule has 2 amide bonds. The van der Waals surface area contributed by atoms with E-state index in [2.05, 4.69) is 17.2 Å². The standard InChI is InChI=1S/C16H25N3O2/c1-5-6-9-19(4)16(21)14-10-13(7-8-17-14)15(20)18-11-12(2)3/h7-8,10,12H,5-6,9,11H2,1-4H3,(H,18,20). The molecule has 0 aliphatic rings. The summed E-state index contributed by atoms with van der Waals surface area (Å²) in [6.07, 6.45) is 3.49. The van der Waals surface area contributed by atoms with Gasteiger partial charge in [0.1, 0.15) is 5.69 Å². The van der Waals surface area contributed by atoms with Gasteiger partial charge in [-0.1, -0.05) is 27.2 Å². The SMILES string of the molecule is CCCCN(C)C(=O)c1cc(C(=O)NCC(C)C)ccn1. The highest BCUT2D eigenvalue weighted by Gasteiger charge is 2.15. The van der Waals surface area contributed by atoms with Crippen molar-refractivity contribution < 1.29 is 9.59 Å². The number of rotatable bonds is 7. The van der Waals surface area contributed by atoms with Crippen LogP contribution in [-0.2, 0) is 0 Å². The van der Waals surface area contributed by atoms with Crippen molar-refractivity contribution in [1.29, 1.82) is 0 Å². The van der Waals surface area contributed by atoms with Gasteiger partial charge in [0, 0.05) is 31.9 Å². The Bertz CT molecular complexity index is 486. The van der Waals surface area contributed by atoms with E-state index in [1.54, 1.807) is 24.1 Å². The van der Waals surface area contributed by atoms with Crippen LogP contribution in [0.5, 0.6) is 0 Å². The summed E-state index contributed by atoms with van der Waals surface area (Å²) in [5.74, 6) is 0.0652. The van der Waals surface area contributed by atoms with Gasteiger partial charge in [-0.15, -0.1) is 0 Å². The molecule has 0 aliphatic carbocycles. The molecule has 1 N–H and O–H groups in total. The Hall–Kier alpha value is -1.91. The maximum absolute atomic E-state index is 12.2. The van der Waals surface area contributed by atoms with Crippen LogP contribution in [-0.4, -0.2) is 41.8 Å². The molecule has 0 fully saturated rings. The highest BCUT2D eigenvalue weighted by molar-refractivity contribution is 5.98. The monoisotopic (exact) mass is 291 g/mol. The van der Waals surface area contributed by atoms with Gasteiger partial charge in [-0.2, -0.15) is 0 Å². The van der Waals surface area contributed by atoms with Crippen molar-refractivity contribution in [2.45, 2.75) is 33.6 Å². The molecule has 0 radical (unpaired) electrons. The van der Waals surface area contributed by atoms with Gasteiger partial charge >= 0.3 is 0 Å². The summed E-state index contributed by atoms with van der Waals surface area (Å²) < 4.78 is 0. The van der Waals surface area contributed by atoms with Crippen LogP contribution in [0.4, 0.5) is 0 Å². The third-order valence-electron chi connectivity index (χ3n) is 3.11. The molecule has 1 heterocycles. The van der Waals surface area contributed by atoms with Gasteiger partial charge in [0.15, 0.2) is 0 Å². The molecule has 0 spiro atoms. The zero-order chi connectivity index (χ0) is 15.8. The molecular weight excluding hydrogens is 266 g/mol. The third kappa shape index (κ3) is 5.53. The minimum atomic E-state index is -0.170. The first-order valence-corrected chi connectivity index (χ1v) is 7.45. The average Bonchev–Trinajstić information content (AvgIpc) is 2.49. The summed E-state index contributed by atoms with van der Waals surface area (Å²) in [4.78, 5) is 29.9. The van der Waals surface area contributed by atoms with Crippen LogP contribution in [0, 0.1) is 5.92 Å². The zero-order valence-corrected chi connectivity index (χ0v) is 13.3. The number of nitrogens with one attached hydrogen (secondary N) is 1. The van der Waals surface area contributed by atoms with Gasteiger partial charge in [0.05, 0.1) is 0 Å². The maximum atomic E-state index is 12.2. The molecule has 0 atom stereocenters. The number of hydrogen-bond donors (Lipinski definition) is 1. The largest absolute Gasteiger partial charge is 0.352 e. The number of aromatic nitrogens is 1. The van der Waals surface area contributed by atoms with Crippen LogP contribution in [0.3, 0.4) is 0 Å². The van der Waals surface area contributed by atoms with Gasteiger partial charge in [-0.3, -0.25) is 14.6 Å². The Morgan fingerprint density at radius 3 is 2.71 bits per heavy atom. The smallest absolute Gasteiger partial charge is 0.272 e. The molecule has 116 valence electrons. The fraction of sp³-hybridized carbons (Fsp3) is 0.562. The first kappa shape index (κ1) is 17.1. The van der Waals surface area contributed by atoms with Gasteiger partial charge in [-0.25, -0.2) is 0 Å². The van der Waals surface area contributed by atoms with E-state index in [1.165, 1.54) is 6.20 Å². The van der Waals surface area contributed by atoms with Crippen molar-refractivity contribution in [2.75, 3.05) is 20.1 Å². The van der Waals surface area contributed by atoms with Gasteiger partial charge in [0.25, 0.3) is 11.8 Å². The number of hydrogen-bond acceptors (Lipinski definition) is 3. The number of pyridine rings is 1. The van der Waals surface area contributed by atoms with Crippen molar-refractivity contribution in [3.8, 4) is 0 Å². The van der Waals surface area contributed by atoms with E-state index in [0.29, 0.717) is 30.3 Å². The lowest BCUT2D eigenvalue weighted by molar-refractivity contribution is 0.0787. The molecule has 1 aromatic rings. The Balaban J connectivity index is 2.75. The number of carbonyl (C=O) groups is 2. The molecule has 5 heteroatoms. The van der Waals surface area contributed by atoms with Gasteiger partial charge < -0.3 is 10.2 Å². The Morgan fingerprint density at radius 2 is 2.10 bits per heavy atom. The lowest BCUT2D eigenvalue weighted by Crippen LogP contribution is -2.30. The molecule has 1 aromatic heterocycles. The van der Waals surface area contributed by atoms with E-state index in [1.807, 2.05) is 13.8 Å². The Labute approximate surface area is 126 Å². The molecule has 0 bridgehead atoms. The predicted octanol–water partition coefficient (Wildman–Crippen LogP) is 2.34. The first-order valence-electron chi connectivity index (χ1n) is 7.45. The van der Waals surface area contributed by atoms with Gasteiger partial charge in [0.2, 0.25) is 0 Å². The van der Waals surface area contributed by atoms with E-state index < -0.39 is 0 Å². The summed E-state index contributed by atoms with van der Waals surface area (Å²) in [6.45, 7) is 7.45. The first-order chi connectivity index (χ1) is 9.95. The summed E-state index contributed by atoms with van der Waals surface area (Å²) in [5, 5.41) is 2.84. The summed E-state index contributed by atoms with van der Waals surface area (Å²) in [7, 11) is 1.76. The summed E-state index contributed by atoms with van der Waals surface area (Å²) in [5.41, 5.74) is 0.781. The number of nitrogens with zero attached hydrogens (tertiary/aromatic N) is 2. The van der Waals surface area contributed by atoms with Crippen LogP contribution in [0.15, 0.2) is 18.3 Å². The van der Waals surface area contributed by atoms with Crippen molar-refractivity contribution in [1.82, 2.24) is 15.2 Å². The molecule has 1 rings (SSSR count). The number of unbranched alkanes of at least 4 members (excludes halogenated alkanes) is 1. The summed E-state index contributed by atoms with van der Waals surface area (Å²) in [6, 6.07) is 3.18. The highest BCUT2D eigenvalue weighted by Crippen LogP contribution is 2.06. The normalized spacial score (nSPS) is 10.5. The van der Waals surface area contributed by atoms with Crippen molar-refractivity contribution in [3.05, 3.63) is 29.6 Å². The zero-order valence-electron chi connectivity index (χ0n) is 13.3. The Kier molecular flexibility index (Phi) is 6.85. The molecule has 0 aliphatic heterocycles. The number of amides is 2. The van der Waals surface area contributed by atoms with Crippen LogP contribution >= 0.6 is 0 Å².